The standard InChI is InChI=1S/C12H17NO3/c1-12(2,3)9-5-8(7-14)11(16-4)10(6-9)13-15/h5-6,14H,7H2,1-4H3. The highest BCUT2D eigenvalue weighted by atomic mass is 16.5. The predicted octanol–water partition coefficient (Wildman–Crippen LogP) is 2.88. The molecule has 4 nitrogen and oxygen atoms in total. The topological polar surface area (TPSA) is 58.9 Å². The molecule has 0 radical (unpaired) electrons. The molecule has 0 spiro atoms. The van der Waals surface area contributed by atoms with Crippen molar-refractivity contribution < 1.29 is 9.84 Å². The highest BCUT2D eigenvalue weighted by Crippen LogP contribution is 2.36. The molecule has 0 amide bonds. The van der Waals surface area contributed by atoms with Crippen LogP contribution < -0.4 is 4.74 Å². The van der Waals surface area contributed by atoms with Crippen molar-refractivity contribution in [1.29, 1.82) is 0 Å². The molecule has 0 heterocycles. The third kappa shape index (κ3) is 2.39. The van der Waals surface area contributed by atoms with Gasteiger partial charge in [-0.1, -0.05) is 20.8 Å². The SMILES string of the molecule is COc1c(CO)cc(C(C)(C)C)cc1N=O. The van der Waals surface area contributed by atoms with Crippen LogP contribution in [0.4, 0.5) is 5.69 Å². The van der Waals surface area contributed by atoms with E-state index < -0.39 is 0 Å². The van der Waals surface area contributed by atoms with Gasteiger partial charge in [-0.2, -0.15) is 0 Å². The number of methoxy groups -OCH3 is 1. The molecule has 1 aromatic rings. The molecule has 0 aliphatic rings. The van der Waals surface area contributed by atoms with Crippen molar-refractivity contribution in [1.82, 2.24) is 0 Å². The number of nitroso groups, excluding NO2 is 1. The lowest BCUT2D eigenvalue weighted by molar-refractivity contribution is 0.273. The summed E-state index contributed by atoms with van der Waals surface area (Å²) in [4.78, 5) is 10.7. The maximum absolute atomic E-state index is 10.7. The van der Waals surface area contributed by atoms with E-state index in [2.05, 4.69) is 5.18 Å². The summed E-state index contributed by atoms with van der Waals surface area (Å²) in [5, 5.41) is 12.2. The Bertz CT molecular complexity index is 394. The molecule has 0 bridgehead atoms. The Morgan fingerprint density at radius 2 is 2.00 bits per heavy atom. The van der Waals surface area contributed by atoms with E-state index >= 15 is 0 Å². The number of aliphatic hydroxyl groups is 1. The maximum atomic E-state index is 10.7. The molecule has 0 saturated heterocycles. The second-order valence-electron chi connectivity index (χ2n) is 4.69. The van der Waals surface area contributed by atoms with Crippen LogP contribution in [0.1, 0.15) is 31.9 Å². The van der Waals surface area contributed by atoms with Gasteiger partial charge in [-0.25, -0.2) is 0 Å². The van der Waals surface area contributed by atoms with Crippen molar-refractivity contribution in [3.8, 4) is 5.75 Å². The van der Waals surface area contributed by atoms with E-state index in [1.54, 1.807) is 6.07 Å². The van der Waals surface area contributed by atoms with Gasteiger partial charge in [0.25, 0.3) is 0 Å². The smallest absolute Gasteiger partial charge is 0.153 e. The number of hydrogen-bond acceptors (Lipinski definition) is 4. The summed E-state index contributed by atoms with van der Waals surface area (Å²) in [5.74, 6) is 0.352. The zero-order valence-corrected chi connectivity index (χ0v) is 10.1. The van der Waals surface area contributed by atoms with Crippen molar-refractivity contribution in [3.63, 3.8) is 0 Å². The first-order valence-corrected chi connectivity index (χ1v) is 5.09. The summed E-state index contributed by atoms with van der Waals surface area (Å²) in [5.41, 5.74) is 1.67. The number of aliphatic hydroxyl groups excluding tert-OH is 1. The van der Waals surface area contributed by atoms with Gasteiger partial charge in [0.15, 0.2) is 11.4 Å². The van der Waals surface area contributed by atoms with Crippen LogP contribution in [0.15, 0.2) is 17.3 Å². The molecule has 16 heavy (non-hydrogen) atoms. The summed E-state index contributed by atoms with van der Waals surface area (Å²) in [6.45, 7) is 5.93. The van der Waals surface area contributed by atoms with Crippen LogP contribution in [0, 0.1) is 4.91 Å². The van der Waals surface area contributed by atoms with Crippen LogP contribution in [0.5, 0.6) is 5.75 Å². The van der Waals surface area contributed by atoms with E-state index in [1.807, 2.05) is 26.8 Å². The largest absolute Gasteiger partial charge is 0.494 e. The first-order valence-electron chi connectivity index (χ1n) is 5.09. The Hall–Kier alpha value is -1.42. The molecule has 0 aromatic heterocycles. The number of nitrogens with zero attached hydrogens (tertiary/aromatic N) is 1. The summed E-state index contributed by atoms with van der Waals surface area (Å²) >= 11 is 0. The lowest BCUT2D eigenvalue weighted by Crippen LogP contribution is -2.11. The molecule has 0 saturated carbocycles. The second kappa shape index (κ2) is 4.61. The van der Waals surface area contributed by atoms with Crippen molar-refractivity contribution in [2.24, 2.45) is 5.18 Å². The number of hydrogen-bond donors (Lipinski definition) is 1. The molecule has 0 aliphatic heterocycles. The van der Waals surface area contributed by atoms with Gasteiger partial charge in [-0.05, 0) is 28.3 Å². The van der Waals surface area contributed by atoms with Crippen molar-refractivity contribution in [3.05, 3.63) is 28.2 Å². The maximum Gasteiger partial charge on any atom is 0.153 e. The van der Waals surface area contributed by atoms with Crippen LogP contribution in [0.2, 0.25) is 0 Å². The van der Waals surface area contributed by atoms with E-state index in [-0.39, 0.29) is 17.7 Å². The number of ether oxygens (including phenoxy) is 1. The van der Waals surface area contributed by atoms with E-state index in [1.165, 1.54) is 7.11 Å². The van der Waals surface area contributed by atoms with Crippen molar-refractivity contribution in [2.75, 3.05) is 7.11 Å². The van der Waals surface area contributed by atoms with Gasteiger partial charge in [0.2, 0.25) is 0 Å². The molecule has 0 unspecified atom stereocenters. The Kier molecular flexibility index (Phi) is 3.65. The molecule has 1 aromatic carbocycles. The van der Waals surface area contributed by atoms with E-state index in [9.17, 15) is 10.0 Å². The Labute approximate surface area is 95.2 Å². The third-order valence-electron chi connectivity index (χ3n) is 2.49. The molecular weight excluding hydrogens is 206 g/mol. The van der Waals surface area contributed by atoms with Gasteiger partial charge in [0.05, 0.1) is 13.7 Å². The minimum atomic E-state index is -0.171. The molecule has 1 N–H and O–H groups in total. The van der Waals surface area contributed by atoms with Gasteiger partial charge in [-0.15, -0.1) is 4.91 Å². The van der Waals surface area contributed by atoms with Crippen LogP contribution in [0.3, 0.4) is 0 Å². The first kappa shape index (κ1) is 12.6. The lowest BCUT2D eigenvalue weighted by Gasteiger charge is -2.21. The van der Waals surface area contributed by atoms with Crippen molar-refractivity contribution >= 4 is 5.69 Å². The minimum Gasteiger partial charge on any atom is -0.494 e. The lowest BCUT2D eigenvalue weighted by atomic mass is 9.85. The molecule has 0 atom stereocenters. The Morgan fingerprint density at radius 1 is 1.38 bits per heavy atom. The van der Waals surface area contributed by atoms with Gasteiger partial charge in [0.1, 0.15) is 0 Å². The highest BCUT2D eigenvalue weighted by Gasteiger charge is 2.19. The highest BCUT2D eigenvalue weighted by molar-refractivity contribution is 5.59. The van der Waals surface area contributed by atoms with Crippen LogP contribution in [-0.4, -0.2) is 12.2 Å². The number of benzene rings is 1. The average molecular weight is 223 g/mol. The summed E-state index contributed by atoms with van der Waals surface area (Å²) in [6.07, 6.45) is 0. The van der Waals surface area contributed by atoms with Crippen LogP contribution >= 0.6 is 0 Å². The fourth-order valence-corrected chi connectivity index (χ4v) is 1.53. The van der Waals surface area contributed by atoms with Crippen LogP contribution in [0.25, 0.3) is 0 Å². The van der Waals surface area contributed by atoms with Crippen LogP contribution in [-0.2, 0) is 12.0 Å². The summed E-state index contributed by atoms with van der Waals surface area (Å²) in [7, 11) is 1.46. The first-order chi connectivity index (χ1) is 7.43. The van der Waals surface area contributed by atoms with Gasteiger partial charge in [-0.3, -0.25) is 0 Å². The Balaban J connectivity index is 3.43. The number of rotatable bonds is 3. The molecule has 0 aliphatic carbocycles. The molecular formula is C12H17NO3. The van der Waals surface area contributed by atoms with Gasteiger partial charge in [0, 0.05) is 5.56 Å². The third-order valence-corrected chi connectivity index (χ3v) is 2.49. The van der Waals surface area contributed by atoms with Crippen molar-refractivity contribution in [2.45, 2.75) is 32.8 Å². The van der Waals surface area contributed by atoms with E-state index in [4.69, 9.17) is 4.74 Å². The average Bonchev–Trinajstić information content (AvgIpc) is 2.25. The minimum absolute atomic E-state index is 0.102. The van der Waals surface area contributed by atoms with E-state index in [0.29, 0.717) is 11.3 Å². The molecule has 0 fully saturated rings. The second-order valence-corrected chi connectivity index (χ2v) is 4.69. The van der Waals surface area contributed by atoms with Gasteiger partial charge >= 0.3 is 0 Å². The Morgan fingerprint density at radius 3 is 2.38 bits per heavy atom. The summed E-state index contributed by atoms with van der Waals surface area (Å²) in [6, 6.07) is 3.54. The normalized spacial score (nSPS) is 11.3. The molecule has 4 heteroatoms. The quantitative estimate of drug-likeness (QED) is 0.801. The fourth-order valence-electron chi connectivity index (χ4n) is 1.53. The monoisotopic (exact) mass is 223 g/mol. The molecule has 1 rings (SSSR count). The van der Waals surface area contributed by atoms with E-state index in [0.717, 1.165) is 5.56 Å². The fraction of sp³-hybridized carbons (Fsp3) is 0.500. The zero-order valence-electron chi connectivity index (χ0n) is 10.1. The van der Waals surface area contributed by atoms with Gasteiger partial charge < -0.3 is 9.84 Å². The predicted molar refractivity (Wildman–Crippen MR) is 63.1 cm³/mol. The summed E-state index contributed by atoms with van der Waals surface area (Å²) < 4.78 is 5.07. The molecule has 88 valence electrons. The zero-order chi connectivity index (χ0) is 12.3.